The predicted molar refractivity (Wildman–Crippen MR) is 115 cm³/mol. The number of ether oxygens (including phenoxy) is 2. The highest BCUT2D eigenvalue weighted by Gasteiger charge is 2.08. The van der Waals surface area contributed by atoms with E-state index in [0.29, 0.717) is 24.5 Å². The van der Waals surface area contributed by atoms with Crippen molar-refractivity contribution < 1.29 is 14.3 Å². The molecule has 158 valence electrons. The van der Waals surface area contributed by atoms with E-state index in [0.717, 1.165) is 23.0 Å². The second-order valence-corrected chi connectivity index (χ2v) is 6.90. The van der Waals surface area contributed by atoms with Gasteiger partial charge in [-0.25, -0.2) is 9.67 Å². The fourth-order valence-electron chi connectivity index (χ4n) is 2.99. The predicted octanol–water partition coefficient (Wildman–Crippen LogP) is 3.12. The van der Waals surface area contributed by atoms with Crippen molar-refractivity contribution in [2.45, 2.75) is 13.2 Å². The Morgan fingerprint density at radius 3 is 2.42 bits per heavy atom. The van der Waals surface area contributed by atoms with E-state index >= 15 is 0 Å². The summed E-state index contributed by atoms with van der Waals surface area (Å²) in [4.78, 5) is 16.7. The molecule has 2 heterocycles. The van der Waals surface area contributed by atoms with Crippen LogP contribution in [0.4, 0.5) is 0 Å². The molecule has 0 aliphatic rings. The first-order valence-corrected chi connectivity index (χ1v) is 9.78. The number of aryl methyl sites for hydroxylation is 1. The van der Waals surface area contributed by atoms with Crippen LogP contribution in [-0.2, 0) is 20.2 Å². The third-order valence-corrected chi connectivity index (χ3v) is 4.82. The third kappa shape index (κ3) is 4.92. The largest absolute Gasteiger partial charge is 0.497 e. The minimum absolute atomic E-state index is 0.172. The molecule has 0 saturated carbocycles. The van der Waals surface area contributed by atoms with E-state index in [1.165, 1.54) is 0 Å². The van der Waals surface area contributed by atoms with Gasteiger partial charge in [0.2, 0.25) is 0 Å². The molecule has 1 N–H and O–H groups in total. The van der Waals surface area contributed by atoms with Crippen LogP contribution in [0.15, 0.2) is 73.2 Å². The van der Waals surface area contributed by atoms with E-state index in [-0.39, 0.29) is 5.91 Å². The number of carbonyl (C=O) groups is 1. The molecule has 4 aromatic rings. The Morgan fingerprint density at radius 2 is 1.74 bits per heavy atom. The van der Waals surface area contributed by atoms with Crippen LogP contribution in [0, 0.1) is 0 Å². The number of benzene rings is 2. The van der Waals surface area contributed by atoms with Gasteiger partial charge in [-0.05, 0) is 54.6 Å². The molecule has 1 amide bonds. The van der Waals surface area contributed by atoms with Crippen LogP contribution >= 0.6 is 0 Å². The van der Waals surface area contributed by atoms with Crippen molar-refractivity contribution in [2.24, 2.45) is 7.05 Å². The zero-order chi connectivity index (χ0) is 21.6. The van der Waals surface area contributed by atoms with Gasteiger partial charge in [-0.1, -0.05) is 0 Å². The first-order chi connectivity index (χ1) is 15.1. The van der Waals surface area contributed by atoms with Crippen LogP contribution in [0.25, 0.3) is 5.69 Å². The highest BCUT2D eigenvalue weighted by atomic mass is 16.5. The van der Waals surface area contributed by atoms with Gasteiger partial charge in [0.25, 0.3) is 5.91 Å². The maximum atomic E-state index is 12.5. The van der Waals surface area contributed by atoms with Crippen LogP contribution < -0.4 is 14.8 Å². The molecule has 0 aliphatic carbocycles. The topological polar surface area (TPSA) is 83.2 Å². The summed E-state index contributed by atoms with van der Waals surface area (Å²) >= 11 is 0. The third-order valence-electron chi connectivity index (χ3n) is 4.82. The van der Waals surface area contributed by atoms with Crippen LogP contribution in [0.1, 0.15) is 21.9 Å². The number of imidazole rings is 1. The standard InChI is InChI=1S/C23H23N5O3/c1-27-14-12-24-22(27)16-31-21-7-3-17(4-8-21)23(29)25-15-18-11-13-28(26-18)19-5-9-20(30-2)10-6-19/h3-14H,15-16H2,1-2H3,(H,25,29). The molecule has 0 saturated heterocycles. The van der Waals surface area contributed by atoms with Crippen molar-refractivity contribution in [3.05, 3.63) is 90.3 Å². The van der Waals surface area contributed by atoms with E-state index in [2.05, 4.69) is 15.4 Å². The Labute approximate surface area is 180 Å². The summed E-state index contributed by atoms with van der Waals surface area (Å²) in [6, 6.07) is 16.5. The highest BCUT2D eigenvalue weighted by molar-refractivity contribution is 5.94. The molecular formula is C23H23N5O3. The van der Waals surface area contributed by atoms with Crippen molar-refractivity contribution in [3.63, 3.8) is 0 Å². The number of carbonyl (C=O) groups excluding carboxylic acids is 1. The lowest BCUT2D eigenvalue weighted by atomic mass is 10.2. The Hall–Kier alpha value is -4.07. The monoisotopic (exact) mass is 417 g/mol. The first kappa shape index (κ1) is 20.2. The van der Waals surface area contributed by atoms with Gasteiger partial charge in [-0.3, -0.25) is 4.79 Å². The number of nitrogens with zero attached hydrogens (tertiary/aromatic N) is 4. The van der Waals surface area contributed by atoms with Gasteiger partial charge in [-0.15, -0.1) is 0 Å². The number of aromatic nitrogens is 4. The van der Waals surface area contributed by atoms with Crippen molar-refractivity contribution in [1.29, 1.82) is 0 Å². The molecule has 0 bridgehead atoms. The highest BCUT2D eigenvalue weighted by Crippen LogP contribution is 2.15. The summed E-state index contributed by atoms with van der Waals surface area (Å²) in [7, 11) is 3.55. The summed E-state index contributed by atoms with van der Waals surface area (Å²) in [6.45, 7) is 0.700. The minimum atomic E-state index is -0.172. The molecule has 0 atom stereocenters. The molecule has 8 nitrogen and oxygen atoms in total. The lowest BCUT2D eigenvalue weighted by Crippen LogP contribution is -2.23. The fourth-order valence-corrected chi connectivity index (χ4v) is 2.99. The number of nitrogens with one attached hydrogen (secondary N) is 1. The maximum absolute atomic E-state index is 12.5. The van der Waals surface area contributed by atoms with Gasteiger partial charge < -0.3 is 19.4 Å². The van der Waals surface area contributed by atoms with Crippen LogP contribution in [-0.4, -0.2) is 32.3 Å². The zero-order valence-corrected chi connectivity index (χ0v) is 17.4. The van der Waals surface area contributed by atoms with E-state index in [4.69, 9.17) is 9.47 Å². The molecule has 2 aromatic carbocycles. The van der Waals surface area contributed by atoms with Gasteiger partial charge in [0.1, 0.15) is 23.9 Å². The molecule has 0 aliphatic heterocycles. The molecule has 0 radical (unpaired) electrons. The average molecular weight is 417 g/mol. The maximum Gasteiger partial charge on any atom is 0.251 e. The first-order valence-electron chi connectivity index (χ1n) is 9.78. The molecular weight excluding hydrogens is 394 g/mol. The smallest absolute Gasteiger partial charge is 0.251 e. The van der Waals surface area contributed by atoms with Gasteiger partial charge in [0, 0.05) is 31.2 Å². The lowest BCUT2D eigenvalue weighted by Gasteiger charge is -2.08. The Balaban J connectivity index is 1.30. The van der Waals surface area contributed by atoms with E-state index in [1.54, 1.807) is 42.3 Å². The van der Waals surface area contributed by atoms with Gasteiger partial charge in [0.15, 0.2) is 0 Å². The molecule has 4 rings (SSSR count). The van der Waals surface area contributed by atoms with E-state index < -0.39 is 0 Å². The molecule has 0 fully saturated rings. The Morgan fingerprint density at radius 1 is 1.00 bits per heavy atom. The van der Waals surface area contributed by atoms with Crippen LogP contribution in [0.3, 0.4) is 0 Å². The number of hydrogen-bond acceptors (Lipinski definition) is 5. The summed E-state index contributed by atoms with van der Waals surface area (Å²) < 4.78 is 14.5. The molecule has 8 heteroatoms. The quantitative estimate of drug-likeness (QED) is 0.476. The molecule has 31 heavy (non-hydrogen) atoms. The number of amides is 1. The van der Waals surface area contributed by atoms with Gasteiger partial charge in [0.05, 0.1) is 25.0 Å². The second-order valence-electron chi connectivity index (χ2n) is 6.90. The Kier molecular flexibility index (Phi) is 5.98. The van der Waals surface area contributed by atoms with Gasteiger partial charge in [-0.2, -0.15) is 5.10 Å². The van der Waals surface area contributed by atoms with E-state index in [1.807, 2.05) is 54.3 Å². The molecule has 0 unspecified atom stereocenters. The number of rotatable bonds is 8. The van der Waals surface area contributed by atoms with Crippen molar-refractivity contribution >= 4 is 5.91 Å². The van der Waals surface area contributed by atoms with Crippen molar-refractivity contribution in [2.75, 3.05) is 7.11 Å². The Bertz CT molecular complexity index is 1150. The van der Waals surface area contributed by atoms with Gasteiger partial charge >= 0.3 is 0 Å². The second kappa shape index (κ2) is 9.17. The minimum Gasteiger partial charge on any atom is -0.497 e. The van der Waals surface area contributed by atoms with E-state index in [9.17, 15) is 4.79 Å². The average Bonchev–Trinajstić information content (AvgIpc) is 3.45. The van der Waals surface area contributed by atoms with Crippen molar-refractivity contribution in [3.8, 4) is 17.2 Å². The lowest BCUT2D eigenvalue weighted by molar-refractivity contribution is 0.0950. The summed E-state index contributed by atoms with van der Waals surface area (Å²) in [6.07, 6.45) is 5.45. The van der Waals surface area contributed by atoms with Crippen LogP contribution in [0.5, 0.6) is 11.5 Å². The SMILES string of the molecule is COc1ccc(-n2ccc(CNC(=O)c3ccc(OCc4nccn4C)cc3)n2)cc1. The zero-order valence-electron chi connectivity index (χ0n) is 17.4. The number of hydrogen-bond donors (Lipinski definition) is 1. The summed E-state index contributed by atoms with van der Waals surface area (Å²) in [5.41, 5.74) is 2.23. The number of methoxy groups -OCH3 is 1. The molecule has 2 aromatic heterocycles. The summed E-state index contributed by atoms with van der Waals surface area (Å²) in [5, 5.41) is 7.40. The molecule has 0 spiro atoms. The normalized spacial score (nSPS) is 10.6. The fraction of sp³-hybridized carbons (Fsp3) is 0.174. The van der Waals surface area contributed by atoms with Crippen molar-refractivity contribution in [1.82, 2.24) is 24.6 Å². The van der Waals surface area contributed by atoms with Crippen LogP contribution in [0.2, 0.25) is 0 Å². The summed E-state index contributed by atoms with van der Waals surface area (Å²) in [5.74, 6) is 2.12.